The van der Waals surface area contributed by atoms with Crippen molar-refractivity contribution in [3.05, 3.63) is 29.5 Å². The zero-order valence-electron chi connectivity index (χ0n) is 11.5. The van der Waals surface area contributed by atoms with Crippen molar-refractivity contribution < 1.29 is 9.53 Å². The topological polar surface area (TPSA) is 45.3 Å². The summed E-state index contributed by atoms with van der Waals surface area (Å²) in [6, 6.07) is 6.18. The molecule has 4 heteroatoms. The van der Waals surface area contributed by atoms with Crippen LogP contribution in [0.3, 0.4) is 0 Å². The lowest BCUT2D eigenvalue weighted by Crippen LogP contribution is -2.37. The molecule has 1 amide bonds. The SMILES string of the molecule is COc1ccc2[nH]c3c(c2c1)CCN(C(C)=O)C3C. The third-order valence-corrected chi connectivity index (χ3v) is 4.04. The monoisotopic (exact) mass is 258 g/mol. The van der Waals surface area contributed by atoms with Gasteiger partial charge in [-0.05, 0) is 37.1 Å². The molecule has 100 valence electrons. The normalized spacial score (nSPS) is 18.5. The van der Waals surface area contributed by atoms with Crippen molar-refractivity contribution >= 4 is 16.8 Å². The highest BCUT2D eigenvalue weighted by Gasteiger charge is 2.28. The number of carbonyl (C=O) groups is 1. The zero-order chi connectivity index (χ0) is 13.6. The highest BCUT2D eigenvalue weighted by Crippen LogP contribution is 2.35. The van der Waals surface area contributed by atoms with Gasteiger partial charge in [0.25, 0.3) is 0 Å². The smallest absolute Gasteiger partial charge is 0.220 e. The summed E-state index contributed by atoms with van der Waals surface area (Å²) in [5, 5.41) is 1.21. The number of aromatic nitrogens is 1. The molecule has 0 aliphatic carbocycles. The molecule has 0 saturated carbocycles. The maximum absolute atomic E-state index is 11.6. The van der Waals surface area contributed by atoms with E-state index in [-0.39, 0.29) is 11.9 Å². The molecule has 19 heavy (non-hydrogen) atoms. The molecule has 0 spiro atoms. The van der Waals surface area contributed by atoms with E-state index >= 15 is 0 Å². The number of ether oxygens (including phenoxy) is 1. The van der Waals surface area contributed by atoms with E-state index in [0.29, 0.717) is 0 Å². The molecule has 1 atom stereocenters. The van der Waals surface area contributed by atoms with Gasteiger partial charge in [0, 0.05) is 30.1 Å². The summed E-state index contributed by atoms with van der Waals surface area (Å²) < 4.78 is 5.29. The summed E-state index contributed by atoms with van der Waals surface area (Å²) in [4.78, 5) is 17.0. The predicted molar refractivity (Wildman–Crippen MR) is 74.4 cm³/mol. The number of hydrogen-bond acceptors (Lipinski definition) is 2. The predicted octanol–water partition coefficient (Wildman–Crippen LogP) is 2.64. The number of amides is 1. The number of benzene rings is 1. The van der Waals surface area contributed by atoms with E-state index in [9.17, 15) is 4.79 Å². The van der Waals surface area contributed by atoms with Crippen LogP contribution in [0.25, 0.3) is 10.9 Å². The van der Waals surface area contributed by atoms with E-state index < -0.39 is 0 Å². The van der Waals surface area contributed by atoms with Crippen LogP contribution in [-0.2, 0) is 11.2 Å². The van der Waals surface area contributed by atoms with Crippen LogP contribution < -0.4 is 4.74 Å². The quantitative estimate of drug-likeness (QED) is 0.854. The molecule has 1 aromatic carbocycles. The molecule has 0 radical (unpaired) electrons. The largest absolute Gasteiger partial charge is 0.497 e. The average molecular weight is 258 g/mol. The van der Waals surface area contributed by atoms with Gasteiger partial charge in [0.05, 0.1) is 13.2 Å². The Morgan fingerprint density at radius 1 is 1.47 bits per heavy atom. The van der Waals surface area contributed by atoms with Gasteiger partial charge in [0.15, 0.2) is 0 Å². The van der Waals surface area contributed by atoms with Crippen molar-refractivity contribution in [1.29, 1.82) is 0 Å². The summed E-state index contributed by atoms with van der Waals surface area (Å²) in [6.45, 7) is 4.49. The third kappa shape index (κ3) is 1.79. The minimum atomic E-state index is 0.111. The summed E-state index contributed by atoms with van der Waals surface area (Å²) >= 11 is 0. The van der Waals surface area contributed by atoms with Gasteiger partial charge in [-0.15, -0.1) is 0 Å². The highest BCUT2D eigenvalue weighted by atomic mass is 16.5. The van der Waals surface area contributed by atoms with E-state index in [1.807, 2.05) is 17.0 Å². The number of rotatable bonds is 1. The van der Waals surface area contributed by atoms with Crippen LogP contribution in [0.1, 0.15) is 31.1 Å². The molecule has 1 unspecified atom stereocenters. The molecular formula is C15H18N2O2. The van der Waals surface area contributed by atoms with Gasteiger partial charge in [-0.3, -0.25) is 4.79 Å². The first kappa shape index (κ1) is 12.1. The van der Waals surface area contributed by atoms with Crippen LogP contribution in [0.4, 0.5) is 0 Å². The Morgan fingerprint density at radius 3 is 2.95 bits per heavy atom. The van der Waals surface area contributed by atoms with Crippen molar-refractivity contribution in [2.75, 3.05) is 13.7 Å². The fourth-order valence-electron chi connectivity index (χ4n) is 3.01. The molecular weight excluding hydrogens is 240 g/mol. The van der Waals surface area contributed by atoms with Crippen LogP contribution in [0.5, 0.6) is 5.75 Å². The lowest BCUT2D eigenvalue weighted by molar-refractivity contribution is -0.131. The van der Waals surface area contributed by atoms with Gasteiger partial charge in [-0.25, -0.2) is 0 Å². The van der Waals surface area contributed by atoms with Crippen LogP contribution in [-0.4, -0.2) is 29.4 Å². The van der Waals surface area contributed by atoms with Crippen LogP contribution in [0.2, 0.25) is 0 Å². The Balaban J connectivity index is 2.13. The van der Waals surface area contributed by atoms with E-state index in [1.165, 1.54) is 10.9 Å². The van der Waals surface area contributed by atoms with E-state index in [1.54, 1.807) is 14.0 Å². The first-order valence-electron chi connectivity index (χ1n) is 6.57. The number of hydrogen-bond donors (Lipinski definition) is 1. The number of fused-ring (bicyclic) bond motifs is 3. The number of methoxy groups -OCH3 is 1. The molecule has 0 saturated heterocycles. The van der Waals surface area contributed by atoms with Gasteiger partial charge < -0.3 is 14.6 Å². The number of aromatic amines is 1. The van der Waals surface area contributed by atoms with Crippen LogP contribution in [0.15, 0.2) is 18.2 Å². The lowest BCUT2D eigenvalue weighted by Gasteiger charge is -2.32. The summed E-state index contributed by atoms with van der Waals surface area (Å²) in [5.74, 6) is 1.00. The van der Waals surface area contributed by atoms with Gasteiger partial charge in [-0.2, -0.15) is 0 Å². The van der Waals surface area contributed by atoms with Crippen molar-refractivity contribution in [1.82, 2.24) is 9.88 Å². The van der Waals surface area contributed by atoms with Crippen LogP contribution in [0, 0.1) is 0 Å². The molecule has 1 aliphatic heterocycles. The Labute approximate surface area is 112 Å². The fraction of sp³-hybridized carbons (Fsp3) is 0.400. The molecule has 0 fully saturated rings. The minimum absolute atomic E-state index is 0.111. The molecule has 2 aromatic rings. The Bertz CT molecular complexity index is 645. The molecule has 1 N–H and O–H groups in total. The van der Waals surface area contributed by atoms with Gasteiger partial charge in [0.2, 0.25) is 5.91 Å². The fourth-order valence-corrected chi connectivity index (χ4v) is 3.01. The second kappa shape index (κ2) is 4.30. The first-order chi connectivity index (χ1) is 9.11. The third-order valence-electron chi connectivity index (χ3n) is 4.04. The second-order valence-electron chi connectivity index (χ2n) is 5.07. The number of nitrogens with one attached hydrogen (secondary N) is 1. The average Bonchev–Trinajstić information content (AvgIpc) is 2.77. The Kier molecular flexibility index (Phi) is 2.73. The second-order valence-corrected chi connectivity index (χ2v) is 5.07. The lowest BCUT2D eigenvalue weighted by atomic mass is 9.98. The zero-order valence-corrected chi connectivity index (χ0v) is 11.5. The van der Waals surface area contributed by atoms with Crippen molar-refractivity contribution in [2.24, 2.45) is 0 Å². The number of H-pyrrole nitrogens is 1. The summed E-state index contributed by atoms with van der Waals surface area (Å²) in [6.07, 6.45) is 0.895. The van der Waals surface area contributed by atoms with E-state index in [4.69, 9.17) is 4.74 Å². The molecule has 0 bridgehead atoms. The van der Waals surface area contributed by atoms with E-state index in [0.717, 1.165) is 29.9 Å². The maximum atomic E-state index is 11.6. The first-order valence-corrected chi connectivity index (χ1v) is 6.57. The molecule has 1 aliphatic rings. The molecule has 3 rings (SSSR count). The minimum Gasteiger partial charge on any atom is -0.497 e. The molecule has 4 nitrogen and oxygen atoms in total. The molecule has 1 aromatic heterocycles. The Morgan fingerprint density at radius 2 is 2.26 bits per heavy atom. The number of nitrogens with zero attached hydrogens (tertiary/aromatic N) is 1. The van der Waals surface area contributed by atoms with Crippen molar-refractivity contribution in [3.8, 4) is 5.75 Å². The standard InChI is InChI=1S/C15H18N2O2/c1-9-15-12(6-7-17(9)10(2)18)13-8-11(19-3)4-5-14(13)16-15/h4-5,8-9,16H,6-7H2,1-3H3. The highest BCUT2D eigenvalue weighted by molar-refractivity contribution is 5.87. The van der Waals surface area contributed by atoms with Gasteiger partial charge in [-0.1, -0.05) is 0 Å². The maximum Gasteiger partial charge on any atom is 0.220 e. The van der Waals surface area contributed by atoms with Crippen molar-refractivity contribution in [2.45, 2.75) is 26.3 Å². The summed E-state index contributed by atoms with van der Waals surface area (Å²) in [7, 11) is 1.68. The van der Waals surface area contributed by atoms with E-state index in [2.05, 4.69) is 18.0 Å². The van der Waals surface area contributed by atoms with Crippen LogP contribution >= 0.6 is 0 Å². The summed E-state index contributed by atoms with van der Waals surface area (Å²) in [5.41, 5.74) is 3.59. The van der Waals surface area contributed by atoms with Crippen molar-refractivity contribution in [3.63, 3.8) is 0 Å². The van der Waals surface area contributed by atoms with Gasteiger partial charge in [0.1, 0.15) is 5.75 Å². The van der Waals surface area contributed by atoms with Gasteiger partial charge >= 0.3 is 0 Å². The number of carbonyl (C=O) groups excluding carboxylic acids is 1. The Hall–Kier alpha value is -1.97. The molecule has 2 heterocycles.